The smallest absolute Gasteiger partial charge is 0.406 e. The number of ether oxygens (including phenoxy) is 2. The van der Waals surface area contributed by atoms with Gasteiger partial charge in [0.2, 0.25) is 11.8 Å². The number of benzene rings is 2. The van der Waals surface area contributed by atoms with Crippen molar-refractivity contribution in [3.8, 4) is 16.2 Å². The van der Waals surface area contributed by atoms with E-state index in [4.69, 9.17) is 4.74 Å². The molecule has 1 heterocycles. The number of halogens is 3. The number of aromatic nitrogens is 1. The summed E-state index contributed by atoms with van der Waals surface area (Å²) in [5, 5.41) is 5.66. The molecule has 0 saturated heterocycles. The molecule has 1 aliphatic rings. The zero-order valence-corrected chi connectivity index (χ0v) is 22.2. The molecule has 208 valence electrons. The molecule has 1 aromatic heterocycles. The highest BCUT2D eigenvalue weighted by Gasteiger charge is 2.31. The molecule has 0 spiro atoms. The van der Waals surface area contributed by atoms with Crippen LogP contribution in [-0.4, -0.2) is 35.3 Å². The SMILES string of the molecule is C[C@H](NC(=O)Cc1cccc(OC(F)(F)F)c1)C(=O)Nc1ncc(-c2ccccc2COC2CCCCC2)s1. The van der Waals surface area contributed by atoms with E-state index in [0.717, 1.165) is 41.0 Å². The minimum atomic E-state index is -4.83. The van der Waals surface area contributed by atoms with Crippen LogP contribution in [-0.2, 0) is 27.4 Å². The molecule has 0 aliphatic heterocycles. The summed E-state index contributed by atoms with van der Waals surface area (Å²) >= 11 is 1.32. The first-order chi connectivity index (χ1) is 18.7. The number of carbonyl (C=O) groups is 2. The Bertz CT molecular complexity index is 1270. The van der Waals surface area contributed by atoms with Crippen molar-refractivity contribution >= 4 is 28.3 Å². The van der Waals surface area contributed by atoms with Gasteiger partial charge in [-0.1, -0.05) is 67.0 Å². The van der Waals surface area contributed by atoms with Gasteiger partial charge in [0.15, 0.2) is 5.13 Å². The summed E-state index contributed by atoms with van der Waals surface area (Å²) < 4.78 is 47.4. The minimum Gasteiger partial charge on any atom is -0.406 e. The molecule has 1 atom stereocenters. The van der Waals surface area contributed by atoms with Gasteiger partial charge in [0.25, 0.3) is 0 Å². The van der Waals surface area contributed by atoms with Gasteiger partial charge in [0.05, 0.1) is 24.0 Å². The van der Waals surface area contributed by atoms with Gasteiger partial charge in [0.1, 0.15) is 11.8 Å². The largest absolute Gasteiger partial charge is 0.573 e. The van der Waals surface area contributed by atoms with Crippen molar-refractivity contribution in [2.24, 2.45) is 0 Å². The molecule has 7 nitrogen and oxygen atoms in total. The second kappa shape index (κ2) is 13.1. The van der Waals surface area contributed by atoms with Crippen LogP contribution in [0.1, 0.15) is 50.2 Å². The summed E-state index contributed by atoms with van der Waals surface area (Å²) in [6.45, 7) is 2.03. The lowest BCUT2D eigenvalue weighted by molar-refractivity contribution is -0.274. The number of alkyl halides is 3. The molecule has 0 radical (unpaired) electrons. The highest BCUT2D eigenvalue weighted by Crippen LogP contribution is 2.32. The van der Waals surface area contributed by atoms with Crippen LogP contribution >= 0.6 is 11.3 Å². The average molecular weight is 562 g/mol. The number of thiazole rings is 1. The molecule has 2 amide bonds. The van der Waals surface area contributed by atoms with Gasteiger partial charge in [0, 0.05) is 6.20 Å². The number of rotatable bonds is 10. The van der Waals surface area contributed by atoms with Crippen LogP contribution < -0.4 is 15.4 Å². The normalized spacial score (nSPS) is 15.0. The number of hydrogen-bond acceptors (Lipinski definition) is 6. The number of nitrogens with one attached hydrogen (secondary N) is 2. The van der Waals surface area contributed by atoms with Gasteiger partial charge in [-0.3, -0.25) is 9.59 Å². The molecule has 1 aliphatic carbocycles. The summed E-state index contributed by atoms with van der Waals surface area (Å²) in [6, 6.07) is 12.2. The van der Waals surface area contributed by atoms with Crippen molar-refractivity contribution in [2.75, 3.05) is 5.32 Å². The predicted molar refractivity (Wildman–Crippen MR) is 142 cm³/mol. The molecule has 1 saturated carbocycles. The fourth-order valence-corrected chi connectivity index (χ4v) is 5.27. The van der Waals surface area contributed by atoms with E-state index in [9.17, 15) is 22.8 Å². The van der Waals surface area contributed by atoms with Crippen LogP contribution in [0.25, 0.3) is 10.4 Å². The molecular weight excluding hydrogens is 531 g/mol. The van der Waals surface area contributed by atoms with E-state index >= 15 is 0 Å². The monoisotopic (exact) mass is 561 g/mol. The van der Waals surface area contributed by atoms with Crippen LogP contribution in [0.15, 0.2) is 54.7 Å². The van der Waals surface area contributed by atoms with Gasteiger partial charge in [-0.2, -0.15) is 0 Å². The van der Waals surface area contributed by atoms with Crippen molar-refractivity contribution in [3.63, 3.8) is 0 Å². The first-order valence-electron chi connectivity index (χ1n) is 12.8. The molecule has 1 fully saturated rings. The Morgan fingerprint density at radius 1 is 1.10 bits per heavy atom. The fourth-order valence-electron chi connectivity index (χ4n) is 4.39. The van der Waals surface area contributed by atoms with E-state index in [0.29, 0.717) is 17.3 Å². The second-order valence-electron chi connectivity index (χ2n) is 9.41. The van der Waals surface area contributed by atoms with E-state index in [1.165, 1.54) is 49.7 Å². The first-order valence-corrected chi connectivity index (χ1v) is 13.6. The first kappa shape index (κ1) is 28.6. The number of carbonyl (C=O) groups excluding carboxylic acids is 2. The maximum atomic E-state index is 12.7. The van der Waals surface area contributed by atoms with Crippen LogP contribution in [0.5, 0.6) is 5.75 Å². The highest BCUT2D eigenvalue weighted by atomic mass is 32.1. The third kappa shape index (κ3) is 8.79. The van der Waals surface area contributed by atoms with Crippen LogP contribution in [0.4, 0.5) is 18.3 Å². The van der Waals surface area contributed by atoms with Gasteiger partial charge < -0.3 is 20.1 Å². The standard InChI is InChI=1S/C28H30F3N3O4S/c1-18(33-25(35)15-19-8-7-12-22(14-19)38-28(29,30)31)26(36)34-27-32-16-24(39-27)23-13-6-5-9-20(23)17-37-21-10-3-2-4-11-21/h5-9,12-14,16,18,21H,2-4,10-11,15,17H2,1H3,(H,33,35)(H,32,34,36)/t18-/m0/s1. The lowest BCUT2D eigenvalue weighted by Gasteiger charge is -2.22. The highest BCUT2D eigenvalue weighted by molar-refractivity contribution is 7.19. The average Bonchev–Trinajstić information content (AvgIpc) is 3.35. The number of hydrogen-bond donors (Lipinski definition) is 2. The van der Waals surface area contributed by atoms with Crippen molar-refractivity contribution in [2.45, 2.75) is 70.6 Å². The van der Waals surface area contributed by atoms with Gasteiger partial charge in [-0.25, -0.2) is 4.98 Å². The zero-order valence-electron chi connectivity index (χ0n) is 21.4. The van der Waals surface area contributed by atoms with E-state index in [1.54, 1.807) is 6.20 Å². The summed E-state index contributed by atoms with van der Waals surface area (Å²) in [6.07, 6.45) is 2.79. The minimum absolute atomic E-state index is 0.214. The number of nitrogens with zero attached hydrogens (tertiary/aromatic N) is 1. The van der Waals surface area contributed by atoms with Crippen molar-refractivity contribution in [1.29, 1.82) is 0 Å². The van der Waals surface area contributed by atoms with Crippen molar-refractivity contribution in [1.82, 2.24) is 10.3 Å². The number of amides is 2. The maximum absolute atomic E-state index is 12.7. The summed E-state index contributed by atoms with van der Waals surface area (Å²) in [7, 11) is 0. The topological polar surface area (TPSA) is 89.5 Å². The second-order valence-corrected chi connectivity index (χ2v) is 10.4. The van der Waals surface area contributed by atoms with Crippen LogP contribution in [0.3, 0.4) is 0 Å². The van der Waals surface area contributed by atoms with Crippen LogP contribution in [0.2, 0.25) is 0 Å². The Balaban J connectivity index is 1.31. The quantitative estimate of drug-likeness (QED) is 0.306. The summed E-state index contributed by atoms with van der Waals surface area (Å²) in [5.41, 5.74) is 2.36. The Morgan fingerprint density at radius 3 is 2.64 bits per heavy atom. The summed E-state index contributed by atoms with van der Waals surface area (Å²) in [4.78, 5) is 30.3. The lowest BCUT2D eigenvalue weighted by Crippen LogP contribution is -2.42. The van der Waals surface area contributed by atoms with Gasteiger partial charge in [-0.05, 0) is 48.6 Å². The lowest BCUT2D eigenvalue weighted by atomic mass is 9.97. The Labute approximate surface area is 228 Å². The third-order valence-corrected chi connectivity index (χ3v) is 7.26. The molecule has 39 heavy (non-hydrogen) atoms. The summed E-state index contributed by atoms with van der Waals surface area (Å²) in [5.74, 6) is -1.40. The maximum Gasteiger partial charge on any atom is 0.573 e. The third-order valence-electron chi connectivity index (χ3n) is 6.31. The van der Waals surface area contributed by atoms with Crippen LogP contribution in [0, 0.1) is 0 Å². The van der Waals surface area contributed by atoms with Crippen molar-refractivity contribution < 1.29 is 32.2 Å². The van der Waals surface area contributed by atoms with Gasteiger partial charge >= 0.3 is 6.36 Å². The molecule has 11 heteroatoms. The Hall–Kier alpha value is -3.44. The Morgan fingerprint density at radius 2 is 1.87 bits per heavy atom. The zero-order chi connectivity index (χ0) is 27.8. The van der Waals surface area contributed by atoms with E-state index in [2.05, 4.69) is 20.4 Å². The number of anilines is 1. The van der Waals surface area contributed by atoms with Gasteiger partial charge in [-0.15, -0.1) is 13.2 Å². The molecule has 4 rings (SSSR count). The Kier molecular flexibility index (Phi) is 9.58. The fraction of sp³-hybridized carbons (Fsp3) is 0.393. The van der Waals surface area contributed by atoms with E-state index in [-0.39, 0.29) is 12.5 Å². The molecule has 0 unspecified atom stereocenters. The predicted octanol–water partition coefficient (Wildman–Crippen LogP) is 6.24. The van der Waals surface area contributed by atoms with Crippen molar-refractivity contribution in [3.05, 3.63) is 65.9 Å². The molecule has 2 N–H and O–H groups in total. The molecule has 2 aromatic carbocycles. The molecular formula is C28H30F3N3O4S. The molecule has 3 aromatic rings. The van der Waals surface area contributed by atoms with E-state index in [1.807, 2.05) is 24.3 Å². The van der Waals surface area contributed by atoms with E-state index < -0.39 is 30.0 Å². The molecule has 0 bridgehead atoms.